The van der Waals surface area contributed by atoms with E-state index < -0.39 is 29.9 Å². The highest BCUT2D eigenvalue weighted by molar-refractivity contribution is 5.89. The summed E-state index contributed by atoms with van der Waals surface area (Å²) in [5, 5.41) is 9.75. The van der Waals surface area contributed by atoms with Crippen molar-refractivity contribution in [2.75, 3.05) is 5.32 Å². The van der Waals surface area contributed by atoms with Crippen LogP contribution in [0.1, 0.15) is 30.2 Å². The average Bonchev–Trinajstić information content (AvgIpc) is 2.93. The van der Waals surface area contributed by atoms with Gasteiger partial charge in [-0.3, -0.25) is 5.10 Å². The number of aromatic amines is 1. The topological polar surface area (TPSA) is 82.7 Å². The first kappa shape index (κ1) is 16.7. The normalized spacial score (nSPS) is 12.8. The van der Waals surface area contributed by atoms with Gasteiger partial charge in [0.15, 0.2) is 0 Å². The number of urea groups is 1. The minimum atomic E-state index is -4.68. The lowest BCUT2D eigenvalue weighted by molar-refractivity contribution is -0.144. The molecule has 3 N–H and O–H groups in total. The molecule has 10 heteroatoms. The number of anilines is 1. The van der Waals surface area contributed by atoms with Crippen LogP contribution in [-0.2, 0) is 6.18 Å². The van der Waals surface area contributed by atoms with E-state index in [1.165, 1.54) is 26.0 Å². The molecule has 1 unspecified atom stereocenters. The zero-order valence-electron chi connectivity index (χ0n) is 12.1. The largest absolute Gasteiger partial charge is 0.453 e. The Labute approximate surface area is 128 Å². The summed E-state index contributed by atoms with van der Waals surface area (Å²) in [5.74, 6) is -2.09. The van der Waals surface area contributed by atoms with E-state index in [4.69, 9.17) is 0 Å². The van der Waals surface area contributed by atoms with Gasteiger partial charge in [0.25, 0.3) is 5.82 Å². The number of halogens is 4. The fourth-order valence-corrected chi connectivity index (χ4v) is 1.76. The maximum absolute atomic E-state index is 13.8. The third-order valence-electron chi connectivity index (χ3n) is 2.95. The van der Waals surface area contributed by atoms with E-state index in [1.54, 1.807) is 6.07 Å². The molecule has 1 atom stereocenters. The Morgan fingerprint density at radius 1 is 1.35 bits per heavy atom. The van der Waals surface area contributed by atoms with Crippen LogP contribution in [0, 0.1) is 12.7 Å². The van der Waals surface area contributed by atoms with Crippen molar-refractivity contribution in [3.63, 3.8) is 0 Å². The second-order valence-electron chi connectivity index (χ2n) is 4.80. The number of H-pyrrole nitrogens is 1. The quantitative estimate of drug-likeness (QED) is 0.756. The van der Waals surface area contributed by atoms with Crippen molar-refractivity contribution in [1.29, 1.82) is 0 Å². The van der Waals surface area contributed by atoms with Gasteiger partial charge in [-0.1, -0.05) is 12.1 Å². The molecule has 2 rings (SSSR count). The van der Waals surface area contributed by atoms with Crippen molar-refractivity contribution in [1.82, 2.24) is 20.5 Å². The third kappa shape index (κ3) is 3.96. The summed E-state index contributed by atoms with van der Waals surface area (Å²) in [6, 6.07) is 2.79. The Bertz CT molecular complexity index is 713. The number of rotatable bonds is 3. The predicted molar refractivity (Wildman–Crippen MR) is 73.1 cm³/mol. The summed E-state index contributed by atoms with van der Waals surface area (Å²) in [5.41, 5.74) is 0.309. The van der Waals surface area contributed by atoms with Gasteiger partial charge in [0.2, 0.25) is 0 Å². The molecule has 0 saturated heterocycles. The maximum atomic E-state index is 13.8. The van der Waals surface area contributed by atoms with Crippen LogP contribution in [0.5, 0.6) is 0 Å². The van der Waals surface area contributed by atoms with Gasteiger partial charge in [0.05, 0.1) is 11.7 Å². The number of aryl methyl sites for hydroxylation is 1. The smallest absolute Gasteiger partial charge is 0.328 e. The Kier molecular flexibility index (Phi) is 4.52. The van der Waals surface area contributed by atoms with E-state index in [1.807, 2.05) is 0 Å². The first-order chi connectivity index (χ1) is 10.7. The summed E-state index contributed by atoms with van der Waals surface area (Å²) in [7, 11) is 0. The molecule has 2 aromatic rings. The van der Waals surface area contributed by atoms with Gasteiger partial charge in [-0.2, -0.15) is 13.2 Å². The predicted octanol–water partition coefficient (Wildman–Crippen LogP) is 3.15. The fraction of sp³-hybridized carbons (Fsp3) is 0.308. The van der Waals surface area contributed by atoms with Gasteiger partial charge in [-0.05, 0) is 25.5 Å². The highest BCUT2D eigenvalue weighted by Gasteiger charge is 2.36. The van der Waals surface area contributed by atoms with Crippen LogP contribution >= 0.6 is 0 Å². The van der Waals surface area contributed by atoms with Gasteiger partial charge in [0.1, 0.15) is 11.6 Å². The summed E-state index contributed by atoms with van der Waals surface area (Å²) in [6.07, 6.45) is -4.68. The zero-order valence-corrected chi connectivity index (χ0v) is 12.1. The lowest BCUT2D eigenvalue weighted by Gasteiger charge is -2.13. The van der Waals surface area contributed by atoms with Crippen LogP contribution in [0.4, 0.5) is 28.0 Å². The molecule has 0 spiro atoms. The van der Waals surface area contributed by atoms with Crippen molar-refractivity contribution < 1.29 is 22.4 Å². The molecule has 0 aliphatic rings. The van der Waals surface area contributed by atoms with E-state index in [2.05, 4.69) is 25.8 Å². The fourth-order valence-electron chi connectivity index (χ4n) is 1.76. The van der Waals surface area contributed by atoms with E-state index in [0.29, 0.717) is 5.56 Å². The number of alkyl halides is 3. The molecule has 2 amide bonds. The van der Waals surface area contributed by atoms with Crippen molar-refractivity contribution in [3.05, 3.63) is 41.2 Å². The lowest BCUT2D eigenvalue weighted by atomic mass is 10.2. The molecular weight excluding hydrogens is 318 g/mol. The third-order valence-corrected chi connectivity index (χ3v) is 2.95. The Morgan fingerprint density at radius 2 is 2.04 bits per heavy atom. The second kappa shape index (κ2) is 6.23. The first-order valence-corrected chi connectivity index (χ1v) is 6.50. The van der Waals surface area contributed by atoms with Crippen LogP contribution in [-0.4, -0.2) is 21.2 Å². The highest BCUT2D eigenvalue weighted by atomic mass is 19.4. The summed E-state index contributed by atoms with van der Waals surface area (Å²) >= 11 is 0. The van der Waals surface area contributed by atoms with E-state index in [0.717, 1.165) is 0 Å². The number of benzene rings is 1. The summed E-state index contributed by atoms with van der Waals surface area (Å²) in [6.45, 7) is 2.95. The molecule has 0 aliphatic heterocycles. The van der Waals surface area contributed by atoms with Crippen LogP contribution < -0.4 is 10.6 Å². The first-order valence-electron chi connectivity index (χ1n) is 6.50. The van der Waals surface area contributed by atoms with Crippen molar-refractivity contribution in [2.24, 2.45) is 0 Å². The maximum Gasteiger partial charge on any atom is 0.453 e. The van der Waals surface area contributed by atoms with Crippen LogP contribution in [0.3, 0.4) is 0 Å². The van der Waals surface area contributed by atoms with Crippen LogP contribution in [0.15, 0.2) is 18.2 Å². The molecule has 0 fully saturated rings. The number of carbonyl (C=O) groups excluding carboxylic acids is 1. The molecule has 0 bridgehead atoms. The SMILES string of the molecule is Cc1cccc(NC(=O)NC(C)c2nc(C(F)(F)F)n[nH]2)c1F. The van der Waals surface area contributed by atoms with Gasteiger partial charge < -0.3 is 10.6 Å². The van der Waals surface area contributed by atoms with Crippen LogP contribution in [0.2, 0.25) is 0 Å². The molecule has 1 aromatic heterocycles. The molecular formula is C13H13F4N5O. The van der Waals surface area contributed by atoms with Gasteiger partial charge in [-0.25, -0.2) is 14.2 Å². The average molecular weight is 331 g/mol. The summed E-state index contributed by atoms with van der Waals surface area (Å²) in [4.78, 5) is 15.1. The van der Waals surface area contributed by atoms with Gasteiger partial charge in [0, 0.05) is 0 Å². The highest BCUT2D eigenvalue weighted by Crippen LogP contribution is 2.26. The van der Waals surface area contributed by atoms with Gasteiger partial charge >= 0.3 is 12.2 Å². The molecule has 1 aromatic carbocycles. The Balaban J connectivity index is 2.02. The number of carbonyl (C=O) groups is 1. The molecule has 1 heterocycles. The molecule has 124 valence electrons. The molecule has 6 nitrogen and oxygen atoms in total. The standard InChI is InChI=1S/C13H13F4N5O/c1-6-4-3-5-8(9(6)14)19-12(23)18-7(2)10-20-11(22-21-10)13(15,16)17/h3-5,7H,1-2H3,(H2,18,19,23)(H,20,21,22). The van der Waals surface area contributed by atoms with E-state index in [-0.39, 0.29) is 11.5 Å². The van der Waals surface area contributed by atoms with Crippen molar-refractivity contribution >= 4 is 11.7 Å². The number of hydrogen-bond acceptors (Lipinski definition) is 3. The Hall–Kier alpha value is -2.65. The number of nitrogens with one attached hydrogen (secondary N) is 3. The summed E-state index contributed by atoms with van der Waals surface area (Å²) < 4.78 is 51.0. The van der Waals surface area contributed by atoms with Gasteiger partial charge in [-0.15, -0.1) is 5.10 Å². The number of hydrogen-bond donors (Lipinski definition) is 3. The minimum Gasteiger partial charge on any atom is -0.328 e. The van der Waals surface area contributed by atoms with Crippen molar-refractivity contribution in [3.8, 4) is 0 Å². The van der Waals surface area contributed by atoms with E-state index >= 15 is 0 Å². The molecule has 0 saturated carbocycles. The monoisotopic (exact) mass is 331 g/mol. The number of amides is 2. The number of aromatic nitrogens is 3. The Morgan fingerprint density at radius 3 is 2.65 bits per heavy atom. The van der Waals surface area contributed by atoms with E-state index in [9.17, 15) is 22.4 Å². The molecule has 0 radical (unpaired) electrons. The molecule has 23 heavy (non-hydrogen) atoms. The zero-order chi connectivity index (χ0) is 17.2. The second-order valence-corrected chi connectivity index (χ2v) is 4.80. The minimum absolute atomic E-state index is 0.0387. The van der Waals surface area contributed by atoms with Crippen LogP contribution in [0.25, 0.3) is 0 Å². The number of nitrogens with zero attached hydrogens (tertiary/aromatic N) is 2. The lowest BCUT2D eigenvalue weighted by Crippen LogP contribution is -2.32. The van der Waals surface area contributed by atoms with Crippen molar-refractivity contribution in [2.45, 2.75) is 26.1 Å². The molecule has 0 aliphatic carbocycles.